The summed E-state index contributed by atoms with van der Waals surface area (Å²) in [6.07, 6.45) is 2.31. The van der Waals surface area contributed by atoms with Crippen LogP contribution >= 0.6 is 0 Å². The number of aromatic nitrogens is 1. The van der Waals surface area contributed by atoms with Crippen molar-refractivity contribution in [2.24, 2.45) is 5.41 Å². The van der Waals surface area contributed by atoms with Gasteiger partial charge < -0.3 is 14.8 Å². The monoisotopic (exact) mass is 247 g/mol. The van der Waals surface area contributed by atoms with Crippen LogP contribution in [0, 0.1) is 5.41 Å². The van der Waals surface area contributed by atoms with Gasteiger partial charge in [0.05, 0.1) is 12.5 Å². The van der Waals surface area contributed by atoms with E-state index in [0.29, 0.717) is 6.42 Å². The molecule has 0 unspecified atom stereocenters. The van der Waals surface area contributed by atoms with E-state index in [9.17, 15) is 4.79 Å². The van der Waals surface area contributed by atoms with Gasteiger partial charge in [0.2, 0.25) is 0 Å². The molecule has 1 heterocycles. The lowest BCUT2D eigenvalue weighted by molar-refractivity contribution is -0.146. The first-order valence-electron chi connectivity index (χ1n) is 5.81. The first kappa shape index (κ1) is 12.5. The van der Waals surface area contributed by atoms with E-state index in [2.05, 4.69) is 4.98 Å². The molecule has 1 aromatic carbocycles. The lowest BCUT2D eigenvalue weighted by Crippen LogP contribution is -2.26. The molecular weight excluding hydrogens is 230 g/mol. The molecule has 0 saturated carbocycles. The molecule has 0 spiro atoms. The Morgan fingerprint density at radius 3 is 2.78 bits per heavy atom. The largest absolute Gasteiger partial charge is 0.496 e. The van der Waals surface area contributed by atoms with Gasteiger partial charge in [-0.05, 0) is 44.0 Å². The molecule has 0 amide bonds. The van der Waals surface area contributed by atoms with Crippen LogP contribution < -0.4 is 4.74 Å². The van der Waals surface area contributed by atoms with E-state index in [1.54, 1.807) is 21.0 Å². The number of aromatic amines is 1. The second kappa shape index (κ2) is 4.37. The number of aliphatic carboxylic acids is 1. The van der Waals surface area contributed by atoms with Gasteiger partial charge in [0.25, 0.3) is 0 Å². The number of nitrogens with one attached hydrogen (secondary N) is 1. The Balaban J connectivity index is 2.43. The molecule has 4 heteroatoms. The standard InChI is InChI=1S/C14H17NO3/c1-14(2,13(16)17)8-9-6-11-10(4-5-15-11)12(7-9)18-3/h4-7,15H,8H2,1-3H3,(H,16,17). The quantitative estimate of drug-likeness (QED) is 0.873. The summed E-state index contributed by atoms with van der Waals surface area (Å²) in [5.41, 5.74) is 1.13. The Bertz CT molecular complexity index is 584. The zero-order valence-electron chi connectivity index (χ0n) is 10.8. The van der Waals surface area contributed by atoms with Crippen LogP contribution in [0.2, 0.25) is 0 Å². The van der Waals surface area contributed by atoms with Crippen molar-refractivity contribution in [3.63, 3.8) is 0 Å². The minimum atomic E-state index is -0.798. The number of rotatable bonds is 4. The number of carboxylic acids is 1. The highest BCUT2D eigenvalue weighted by atomic mass is 16.5. The number of hydrogen-bond donors (Lipinski definition) is 2. The fourth-order valence-electron chi connectivity index (χ4n) is 2.05. The summed E-state index contributed by atoms with van der Waals surface area (Å²) >= 11 is 0. The van der Waals surface area contributed by atoms with Gasteiger partial charge in [0.15, 0.2) is 0 Å². The van der Waals surface area contributed by atoms with Crippen LogP contribution in [0.5, 0.6) is 5.75 Å². The summed E-state index contributed by atoms with van der Waals surface area (Å²) in [5, 5.41) is 10.2. The molecule has 0 aliphatic heterocycles. The van der Waals surface area contributed by atoms with Crippen molar-refractivity contribution in [1.82, 2.24) is 4.98 Å². The van der Waals surface area contributed by atoms with Crippen molar-refractivity contribution in [3.8, 4) is 5.75 Å². The third-order valence-electron chi connectivity index (χ3n) is 3.14. The highest BCUT2D eigenvalue weighted by Crippen LogP contribution is 2.30. The molecule has 0 aliphatic rings. The average Bonchev–Trinajstić information content (AvgIpc) is 2.75. The summed E-state index contributed by atoms with van der Waals surface area (Å²) in [6.45, 7) is 3.45. The molecule has 1 aromatic heterocycles. The molecule has 0 saturated heterocycles. The van der Waals surface area contributed by atoms with Gasteiger partial charge in [-0.25, -0.2) is 0 Å². The lowest BCUT2D eigenvalue weighted by atomic mass is 9.85. The first-order chi connectivity index (χ1) is 8.44. The van der Waals surface area contributed by atoms with E-state index in [4.69, 9.17) is 9.84 Å². The topological polar surface area (TPSA) is 62.3 Å². The maximum Gasteiger partial charge on any atom is 0.309 e. The van der Waals surface area contributed by atoms with Crippen LogP contribution in [0.1, 0.15) is 19.4 Å². The average molecular weight is 247 g/mol. The van der Waals surface area contributed by atoms with Crippen LogP contribution in [0.15, 0.2) is 24.4 Å². The van der Waals surface area contributed by atoms with Gasteiger partial charge in [-0.3, -0.25) is 4.79 Å². The van der Waals surface area contributed by atoms with Gasteiger partial charge >= 0.3 is 5.97 Å². The van der Waals surface area contributed by atoms with Gasteiger partial charge in [-0.15, -0.1) is 0 Å². The highest BCUT2D eigenvalue weighted by Gasteiger charge is 2.27. The number of hydrogen-bond acceptors (Lipinski definition) is 2. The summed E-state index contributed by atoms with van der Waals surface area (Å²) in [4.78, 5) is 14.3. The van der Waals surface area contributed by atoms with Gasteiger partial charge in [-0.1, -0.05) is 0 Å². The third-order valence-corrected chi connectivity index (χ3v) is 3.14. The number of H-pyrrole nitrogens is 1. The summed E-state index contributed by atoms with van der Waals surface area (Å²) in [5.74, 6) is -0.0296. The Kier molecular flexibility index (Phi) is 3.03. The van der Waals surface area contributed by atoms with Crippen LogP contribution in [0.3, 0.4) is 0 Å². The molecule has 0 fully saturated rings. The molecule has 0 bridgehead atoms. The molecule has 96 valence electrons. The molecule has 0 aliphatic carbocycles. The minimum absolute atomic E-state index is 0.466. The van der Waals surface area contributed by atoms with Crippen molar-refractivity contribution in [2.75, 3.05) is 7.11 Å². The SMILES string of the molecule is COc1cc(CC(C)(C)C(=O)O)cc2[nH]ccc12. The van der Waals surface area contributed by atoms with Crippen LogP contribution in [-0.2, 0) is 11.2 Å². The smallest absolute Gasteiger partial charge is 0.309 e. The maximum absolute atomic E-state index is 11.2. The summed E-state index contributed by atoms with van der Waals surface area (Å²) < 4.78 is 5.33. The molecule has 4 nitrogen and oxygen atoms in total. The van der Waals surface area contributed by atoms with E-state index in [-0.39, 0.29) is 0 Å². The normalized spacial score (nSPS) is 11.7. The highest BCUT2D eigenvalue weighted by molar-refractivity contribution is 5.86. The molecule has 2 rings (SSSR count). The number of methoxy groups -OCH3 is 1. The molecule has 0 radical (unpaired) electrons. The fraction of sp³-hybridized carbons (Fsp3) is 0.357. The first-order valence-corrected chi connectivity index (χ1v) is 5.81. The van der Waals surface area contributed by atoms with Crippen LogP contribution in [0.4, 0.5) is 0 Å². The predicted octanol–water partition coefficient (Wildman–Crippen LogP) is 2.83. The lowest BCUT2D eigenvalue weighted by Gasteiger charge is -2.19. The van der Waals surface area contributed by atoms with Crippen LogP contribution in [-0.4, -0.2) is 23.2 Å². The van der Waals surface area contributed by atoms with Gasteiger partial charge in [0.1, 0.15) is 5.75 Å². The van der Waals surface area contributed by atoms with Crippen molar-refractivity contribution >= 4 is 16.9 Å². The summed E-state index contributed by atoms with van der Waals surface area (Å²) in [6, 6.07) is 5.82. The zero-order chi connectivity index (χ0) is 13.3. The molecule has 0 atom stereocenters. The number of carbonyl (C=O) groups is 1. The summed E-state index contributed by atoms with van der Waals surface area (Å²) in [7, 11) is 1.62. The van der Waals surface area contributed by atoms with E-state index >= 15 is 0 Å². The Morgan fingerprint density at radius 2 is 2.17 bits per heavy atom. The molecule has 18 heavy (non-hydrogen) atoms. The zero-order valence-corrected chi connectivity index (χ0v) is 10.8. The van der Waals surface area contributed by atoms with Gasteiger partial charge in [-0.2, -0.15) is 0 Å². The number of benzene rings is 1. The molecule has 2 aromatic rings. The second-order valence-electron chi connectivity index (χ2n) is 5.10. The van der Waals surface area contributed by atoms with Crippen molar-refractivity contribution < 1.29 is 14.6 Å². The van der Waals surface area contributed by atoms with E-state index in [0.717, 1.165) is 22.2 Å². The van der Waals surface area contributed by atoms with E-state index in [1.807, 2.05) is 24.4 Å². The van der Waals surface area contributed by atoms with E-state index in [1.165, 1.54) is 0 Å². The Morgan fingerprint density at radius 1 is 1.44 bits per heavy atom. The van der Waals surface area contributed by atoms with Gasteiger partial charge in [0, 0.05) is 17.1 Å². The number of carboxylic acid groups (broad SMARTS) is 1. The number of ether oxygens (including phenoxy) is 1. The third kappa shape index (κ3) is 2.18. The number of fused-ring (bicyclic) bond motifs is 1. The Hall–Kier alpha value is -1.97. The van der Waals surface area contributed by atoms with Crippen molar-refractivity contribution in [3.05, 3.63) is 30.0 Å². The molecule has 2 N–H and O–H groups in total. The van der Waals surface area contributed by atoms with Crippen molar-refractivity contribution in [1.29, 1.82) is 0 Å². The maximum atomic E-state index is 11.2. The second-order valence-corrected chi connectivity index (χ2v) is 5.10. The van der Waals surface area contributed by atoms with Crippen LogP contribution in [0.25, 0.3) is 10.9 Å². The van der Waals surface area contributed by atoms with Crippen molar-refractivity contribution in [2.45, 2.75) is 20.3 Å². The van der Waals surface area contributed by atoms with E-state index < -0.39 is 11.4 Å². The predicted molar refractivity (Wildman–Crippen MR) is 70.0 cm³/mol. The minimum Gasteiger partial charge on any atom is -0.496 e. The Labute approximate surface area is 106 Å². The molecular formula is C14H17NO3. The fourth-order valence-corrected chi connectivity index (χ4v) is 2.05.